The fourth-order valence-corrected chi connectivity index (χ4v) is 7.91. The zero-order valence-corrected chi connectivity index (χ0v) is 33.8. The van der Waals surface area contributed by atoms with Crippen LogP contribution >= 0.6 is 0 Å². The van der Waals surface area contributed by atoms with Gasteiger partial charge in [-0.3, -0.25) is 10.4 Å². The summed E-state index contributed by atoms with van der Waals surface area (Å²) in [5.41, 5.74) is 9.77. The lowest BCUT2D eigenvalue weighted by Gasteiger charge is -2.43. The van der Waals surface area contributed by atoms with Crippen LogP contribution in [-0.2, 0) is 0 Å². The Bertz CT molecular complexity index is 1920. The Morgan fingerprint density at radius 3 is 2.25 bits per heavy atom. The van der Waals surface area contributed by atoms with Crippen molar-refractivity contribution in [1.29, 1.82) is 10.8 Å². The van der Waals surface area contributed by atoms with Gasteiger partial charge in [-0.1, -0.05) is 86.8 Å². The van der Waals surface area contributed by atoms with E-state index in [0.29, 0.717) is 23.4 Å². The van der Waals surface area contributed by atoms with Crippen LogP contribution < -0.4 is 15.1 Å². The highest BCUT2D eigenvalue weighted by molar-refractivity contribution is 6.18. The number of piperidine rings is 2. The zero-order valence-electron chi connectivity index (χ0n) is 33.8. The molecule has 3 N–H and O–H groups in total. The van der Waals surface area contributed by atoms with Crippen LogP contribution in [0.25, 0.3) is 12.2 Å². The number of nitrogens with zero attached hydrogens (tertiary/aromatic N) is 4. The molecule has 3 aromatic carbocycles. The van der Waals surface area contributed by atoms with Gasteiger partial charge in [-0.2, -0.15) is 0 Å². The van der Waals surface area contributed by atoms with E-state index in [1.165, 1.54) is 53.6 Å². The third-order valence-corrected chi connectivity index (χ3v) is 11.1. The largest absolute Gasteiger partial charge is 0.371 e. The summed E-state index contributed by atoms with van der Waals surface area (Å²) in [7, 11) is 3.75. The Kier molecular flexibility index (Phi) is 17.4. The van der Waals surface area contributed by atoms with Crippen molar-refractivity contribution in [3.8, 4) is 0 Å². The quantitative estimate of drug-likeness (QED) is 0.113. The number of allylic oxidation sites excluding steroid dienone is 4. The highest BCUT2D eigenvalue weighted by atomic mass is 15.2. The van der Waals surface area contributed by atoms with Crippen LogP contribution in [0.15, 0.2) is 134 Å². The van der Waals surface area contributed by atoms with Gasteiger partial charge in [0.1, 0.15) is 0 Å². The van der Waals surface area contributed by atoms with Gasteiger partial charge in [0.15, 0.2) is 0 Å². The SMILES string of the molecule is C.C=CCCC(C=C)N=C/C=C\c1c(N2CCC(N3CCC(c4ccc(N5C=CC(=N)/C5=C\C(=N)c5ccccc5)cc4)CC3)CC2)ccc(C=C)c1C.CNC. The molecule has 1 unspecified atom stereocenters. The predicted molar refractivity (Wildman–Crippen MR) is 250 cm³/mol. The zero-order chi connectivity index (χ0) is 39.9. The lowest BCUT2D eigenvalue weighted by atomic mass is 9.87. The average molecular weight is 764 g/mol. The summed E-state index contributed by atoms with van der Waals surface area (Å²) < 4.78 is 0. The minimum absolute atomic E-state index is 0. The topological polar surface area (TPSA) is 81.8 Å². The summed E-state index contributed by atoms with van der Waals surface area (Å²) in [4.78, 5) is 12.0. The van der Waals surface area contributed by atoms with Crippen LogP contribution in [-0.4, -0.2) is 74.9 Å². The van der Waals surface area contributed by atoms with E-state index in [2.05, 4.69) is 90.3 Å². The van der Waals surface area contributed by atoms with Crippen molar-refractivity contribution in [2.75, 3.05) is 50.1 Å². The monoisotopic (exact) mass is 764 g/mol. The molecule has 6 rings (SSSR count). The normalized spacial score (nSPS) is 17.7. The summed E-state index contributed by atoms with van der Waals surface area (Å²) in [6, 6.07) is 23.8. The molecule has 57 heavy (non-hydrogen) atoms. The Hall–Kier alpha value is -5.37. The fourth-order valence-electron chi connectivity index (χ4n) is 7.91. The van der Waals surface area contributed by atoms with E-state index in [4.69, 9.17) is 15.8 Å². The van der Waals surface area contributed by atoms with E-state index in [-0.39, 0.29) is 13.5 Å². The second-order valence-corrected chi connectivity index (χ2v) is 14.8. The van der Waals surface area contributed by atoms with E-state index in [1.54, 1.807) is 12.2 Å². The number of nitrogens with one attached hydrogen (secondary N) is 3. The van der Waals surface area contributed by atoms with E-state index < -0.39 is 0 Å². The molecular weight excluding hydrogens is 699 g/mol. The highest BCUT2D eigenvalue weighted by Gasteiger charge is 2.30. The minimum Gasteiger partial charge on any atom is -0.371 e. The van der Waals surface area contributed by atoms with Gasteiger partial charge in [0, 0.05) is 48.5 Å². The summed E-state index contributed by atoms with van der Waals surface area (Å²) >= 11 is 0. The first-order chi connectivity index (χ1) is 27.3. The molecular formula is C50H65N7. The fraction of sp³-hybridized carbons (Fsp3) is 0.340. The van der Waals surface area contributed by atoms with Gasteiger partial charge in [-0.25, -0.2) is 0 Å². The molecule has 7 nitrogen and oxygen atoms in total. The van der Waals surface area contributed by atoms with Gasteiger partial charge < -0.3 is 25.4 Å². The molecule has 3 aromatic rings. The van der Waals surface area contributed by atoms with Crippen LogP contribution in [0.1, 0.15) is 79.7 Å². The molecule has 3 aliphatic heterocycles. The van der Waals surface area contributed by atoms with E-state index in [9.17, 15) is 0 Å². The van der Waals surface area contributed by atoms with Crippen LogP contribution in [0.4, 0.5) is 11.4 Å². The third-order valence-electron chi connectivity index (χ3n) is 11.1. The van der Waals surface area contributed by atoms with Crippen molar-refractivity contribution in [1.82, 2.24) is 10.2 Å². The summed E-state index contributed by atoms with van der Waals surface area (Å²) in [5.74, 6) is 0.557. The predicted octanol–water partition coefficient (Wildman–Crippen LogP) is 10.9. The Morgan fingerprint density at radius 2 is 1.61 bits per heavy atom. The van der Waals surface area contributed by atoms with Crippen LogP contribution in [0, 0.1) is 17.7 Å². The Morgan fingerprint density at radius 1 is 0.930 bits per heavy atom. The van der Waals surface area contributed by atoms with Crippen molar-refractivity contribution in [3.63, 3.8) is 0 Å². The standard InChI is InChI=1S/C47H54N6.C2H7N.CH4/c1-5-8-15-40(7-3)50-28-12-16-43-35(4)36(6-2)19-22-46(43)52-31-25-41(26-32-52)51-29-23-38(24-30-51)37-17-20-42(21-18-37)53-33-27-44(48)47(53)34-45(49)39-13-10-9-11-14-39;1-3-2;/h5-7,9-14,16-22,27-28,33-34,38,40-41,48-49H,1-3,8,15,23-26,29-32H2,4H3;3H,1-2H3;1H4/b16-12-,47-34+,48-44?,49-45?,50-28?;;. The van der Waals surface area contributed by atoms with Crippen LogP contribution in [0.5, 0.6) is 0 Å². The Balaban J connectivity index is 0.00000174. The van der Waals surface area contributed by atoms with Crippen molar-refractivity contribution in [2.45, 2.75) is 70.9 Å². The lowest BCUT2D eigenvalue weighted by molar-refractivity contribution is 0.132. The minimum atomic E-state index is 0. The van der Waals surface area contributed by atoms with E-state index >= 15 is 0 Å². The molecule has 0 amide bonds. The molecule has 2 saturated heterocycles. The number of likely N-dealkylation sites (tertiary alicyclic amines) is 1. The number of hydrogen-bond donors (Lipinski definition) is 3. The summed E-state index contributed by atoms with van der Waals surface area (Å²) in [6.07, 6.45) is 24.1. The molecule has 0 aliphatic carbocycles. The molecule has 0 saturated carbocycles. The highest BCUT2D eigenvalue weighted by Crippen LogP contribution is 2.35. The first-order valence-electron chi connectivity index (χ1n) is 20.1. The van der Waals surface area contributed by atoms with Crippen molar-refractivity contribution >= 4 is 41.2 Å². The molecule has 7 heteroatoms. The van der Waals surface area contributed by atoms with Gasteiger partial charge in [0.25, 0.3) is 0 Å². The molecule has 0 radical (unpaired) electrons. The molecule has 3 heterocycles. The van der Waals surface area contributed by atoms with Gasteiger partial charge in [0.05, 0.1) is 23.2 Å². The van der Waals surface area contributed by atoms with Crippen LogP contribution in [0.2, 0.25) is 0 Å². The molecule has 300 valence electrons. The molecule has 3 aliphatic rings. The lowest BCUT2D eigenvalue weighted by Crippen LogP contribution is -2.47. The molecule has 2 fully saturated rings. The van der Waals surface area contributed by atoms with E-state index in [1.807, 2.05) is 80.0 Å². The second-order valence-electron chi connectivity index (χ2n) is 14.8. The Labute approximate surface area is 343 Å². The third kappa shape index (κ3) is 11.6. The van der Waals surface area contributed by atoms with Crippen molar-refractivity contribution in [3.05, 3.63) is 157 Å². The number of anilines is 2. The second kappa shape index (κ2) is 22.4. The smallest absolute Gasteiger partial charge is 0.0795 e. The maximum absolute atomic E-state index is 8.59. The molecule has 0 spiro atoms. The first-order valence-corrected chi connectivity index (χ1v) is 20.1. The number of aliphatic imine (C=N–C) groups is 1. The van der Waals surface area contributed by atoms with Crippen LogP contribution in [0.3, 0.4) is 0 Å². The maximum atomic E-state index is 8.59. The first kappa shape index (κ1) is 44.3. The number of benzene rings is 3. The average Bonchev–Trinajstić information content (AvgIpc) is 3.60. The summed E-state index contributed by atoms with van der Waals surface area (Å²) in [5, 5.41) is 19.8. The maximum Gasteiger partial charge on any atom is 0.0795 e. The van der Waals surface area contributed by atoms with E-state index in [0.717, 1.165) is 56.0 Å². The number of rotatable bonds is 14. The number of hydrogen-bond acceptors (Lipinski definition) is 7. The van der Waals surface area contributed by atoms with Gasteiger partial charge >= 0.3 is 0 Å². The van der Waals surface area contributed by atoms with Gasteiger partial charge in [-0.05, 0) is 137 Å². The molecule has 0 bridgehead atoms. The van der Waals surface area contributed by atoms with Crippen molar-refractivity contribution in [2.24, 2.45) is 4.99 Å². The molecule has 0 aromatic heterocycles. The van der Waals surface area contributed by atoms with Crippen molar-refractivity contribution < 1.29 is 0 Å². The van der Waals surface area contributed by atoms with Gasteiger partial charge in [-0.15, -0.1) is 13.2 Å². The van der Waals surface area contributed by atoms with Gasteiger partial charge in [0.2, 0.25) is 0 Å². The summed E-state index contributed by atoms with van der Waals surface area (Å²) in [6.45, 7) is 18.4. The molecule has 1 atom stereocenters.